The van der Waals surface area contributed by atoms with Crippen LogP contribution in [0.1, 0.15) is 11.3 Å². The van der Waals surface area contributed by atoms with Crippen LogP contribution in [0.15, 0.2) is 30.7 Å². The number of benzene rings is 1. The molecule has 74 valence electrons. The minimum absolute atomic E-state index is 0.542. The van der Waals surface area contributed by atoms with Crippen molar-refractivity contribution in [2.75, 3.05) is 0 Å². The van der Waals surface area contributed by atoms with Crippen LogP contribution in [0.5, 0.6) is 0 Å². The lowest BCUT2D eigenvalue weighted by atomic mass is 10.2. The molecule has 1 heterocycles. The van der Waals surface area contributed by atoms with Gasteiger partial charge in [0.25, 0.3) is 0 Å². The van der Waals surface area contributed by atoms with Gasteiger partial charge in [-0.05, 0) is 25.1 Å². The van der Waals surface area contributed by atoms with Crippen molar-refractivity contribution in [3.8, 4) is 11.8 Å². The molecule has 0 amide bonds. The van der Waals surface area contributed by atoms with E-state index in [0.29, 0.717) is 10.6 Å². The van der Waals surface area contributed by atoms with Gasteiger partial charge in [0.15, 0.2) is 0 Å². The summed E-state index contributed by atoms with van der Waals surface area (Å²) in [5.41, 5.74) is 2.25. The van der Waals surface area contributed by atoms with E-state index in [0.717, 1.165) is 11.4 Å². The van der Waals surface area contributed by atoms with Gasteiger partial charge in [-0.15, -0.1) is 0 Å². The van der Waals surface area contributed by atoms with Gasteiger partial charge in [-0.2, -0.15) is 5.26 Å². The molecule has 0 atom stereocenters. The number of aryl methyl sites for hydroxylation is 1. The normalized spacial score (nSPS) is 9.93. The maximum Gasteiger partial charge on any atom is 0.101 e. The van der Waals surface area contributed by atoms with Crippen LogP contribution >= 0.6 is 11.6 Å². The fourth-order valence-corrected chi connectivity index (χ4v) is 1.55. The van der Waals surface area contributed by atoms with Crippen LogP contribution in [-0.2, 0) is 0 Å². The smallest absolute Gasteiger partial charge is 0.101 e. The summed E-state index contributed by atoms with van der Waals surface area (Å²) < 4.78 is 1.81. The Bertz CT molecular complexity index is 537. The monoisotopic (exact) mass is 217 g/mol. The molecule has 15 heavy (non-hydrogen) atoms. The van der Waals surface area contributed by atoms with Crippen molar-refractivity contribution in [1.29, 1.82) is 5.26 Å². The summed E-state index contributed by atoms with van der Waals surface area (Å²) in [5.74, 6) is 0. The van der Waals surface area contributed by atoms with Crippen molar-refractivity contribution in [1.82, 2.24) is 9.55 Å². The van der Waals surface area contributed by atoms with Gasteiger partial charge < -0.3 is 4.57 Å². The summed E-state index contributed by atoms with van der Waals surface area (Å²) in [5, 5.41) is 9.53. The van der Waals surface area contributed by atoms with Crippen molar-refractivity contribution < 1.29 is 0 Å². The predicted molar refractivity (Wildman–Crippen MR) is 58.0 cm³/mol. The first kappa shape index (κ1) is 9.75. The Labute approximate surface area is 92.6 Å². The Morgan fingerprint density at radius 3 is 2.87 bits per heavy atom. The SMILES string of the molecule is Cc1cn(-c2ccc(Cl)cc2C#N)cn1. The molecule has 1 aromatic heterocycles. The fourth-order valence-electron chi connectivity index (χ4n) is 1.38. The van der Waals surface area contributed by atoms with E-state index in [2.05, 4.69) is 11.1 Å². The summed E-state index contributed by atoms with van der Waals surface area (Å²) >= 11 is 5.81. The third-order valence-corrected chi connectivity index (χ3v) is 2.30. The second-order valence-corrected chi connectivity index (χ2v) is 3.63. The van der Waals surface area contributed by atoms with Crippen molar-refractivity contribution in [3.05, 3.63) is 47.0 Å². The number of aromatic nitrogens is 2. The second kappa shape index (κ2) is 3.76. The number of hydrogen-bond acceptors (Lipinski definition) is 2. The highest BCUT2D eigenvalue weighted by Gasteiger charge is 2.05. The molecular weight excluding hydrogens is 210 g/mol. The Morgan fingerprint density at radius 1 is 1.47 bits per heavy atom. The fraction of sp³-hybridized carbons (Fsp3) is 0.0909. The molecule has 2 rings (SSSR count). The molecule has 0 bridgehead atoms. The first-order chi connectivity index (χ1) is 7.20. The molecule has 0 aliphatic rings. The highest BCUT2D eigenvalue weighted by atomic mass is 35.5. The van der Waals surface area contributed by atoms with Crippen molar-refractivity contribution in [3.63, 3.8) is 0 Å². The van der Waals surface area contributed by atoms with Gasteiger partial charge in [-0.1, -0.05) is 11.6 Å². The van der Waals surface area contributed by atoms with E-state index in [4.69, 9.17) is 16.9 Å². The van der Waals surface area contributed by atoms with Crippen molar-refractivity contribution in [2.45, 2.75) is 6.92 Å². The molecule has 0 fully saturated rings. The molecule has 0 N–H and O–H groups in total. The molecule has 4 heteroatoms. The molecule has 0 radical (unpaired) electrons. The zero-order valence-electron chi connectivity index (χ0n) is 8.11. The average Bonchev–Trinajstić information content (AvgIpc) is 2.64. The molecule has 0 aliphatic heterocycles. The van der Waals surface area contributed by atoms with E-state index >= 15 is 0 Å². The largest absolute Gasteiger partial charge is 0.305 e. The summed E-state index contributed by atoms with van der Waals surface area (Å²) in [4.78, 5) is 4.11. The number of rotatable bonds is 1. The van der Waals surface area contributed by atoms with E-state index in [1.165, 1.54) is 0 Å². The molecule has 0 aliphatic carbocycles. The van der Waals surface area contributed by atoms with Gasteiger partial charge in [-0.3, -0.25) is 0 Å². The summed E-state index contributed by atoms with van der Waals surface area (Å²) in [6.07, 6.45) is 3.55. The van der Waals surface area contributed by atoms with Gasteiger partial charge in [0.2, 0.25) is 0 Å². The summed E-state index contributed by atoms with van der Waals surface area (Å²) in [6, 6.07) is 7.32. The Morgan fingerprint density at radius 2 is 2.27 bits per heavy atom. The first-order valence-electron chi connectivity index (χ1n) is 4.41. The lowest BCUT2D eigenvalue weighted by Crippen LogP contribution is -1.93. The molecule has 0 saturated heterocycles. The maximum absolute atomic E-state index is 8.97. The topological polar surface area (TPSA) is 41.6 Å². The third-order valence-electron chi connectivity index (χ3n) is 2.07. The minimum Gasteiger partial charge on any atom is -0.305 e. The Balaban J connectivity index is 2.58. The molecule has 1 aromatic carbocycles. The van der Waals surface area contributed by atoms with Crippen LogP contribution in [0, 0.1) is 18.3 Å². The molecule has 2 aromatic rings. The number of nitrogens with zero attached hydrogens (tertiary/aromatic N) is 3. The lowest BCUT2D eigenvalue weighted by molar-refractivity contribution is 1.05. The zero-order valence-corrected chi connectivity index (χ0v) is 8.86. The first-order valence-corrected chi connectivity index (χ1v) is 4.79. The molecule has 0 saturated carbocycles. The van der Waals surface area contributed by atoms with Crippen molar-refractivity contribution in [2.24, 2.45) is 0 Å². The van der Waals surface area contributed by atoms with Crippen LogP contribution < -0.4 is 0 Å². The highest BCUT2D eigenvalue weighted by Crippen LogP contribution is 2.19. The van der Waals surface area contributed by atoms with E-state index in [1.807, 2.05) is 23.8 Å². The van der Waals surface area contributed by atoms with Gasteiger partial charge in [-0.25, -0.2) is 4.98 Å². The third kappa shape index (κ3) is 1.85. The number of imidazole rings is 1. The quantitative estimate of drug-likeness (QED) is 0.737. The predicted octanol–water partition coefficient (Wildman–Crippen LogP) is 2.71. The minimum atomic E-state index is 0.542. The second-order valence-electron chi connectivity index (χ2n) is 3.20. The Kier molecular flexibility index (Phi) is 2.44. The summed E-state index contributed by atoms with van der Waals surface area (Å²) in [6.45, 7) is 1.90. The van der Waals surface area contributed by atoms with Crippen LogP contribution in [-0.4, -0.2) is 9.55 Å². The maximum atomic E-state index is 8.97. The van der Waals surface area contributed by atoms with Crippen molar-refractivity contribution >= 4 is 11.6 Å². The number of hydrogen-bond donors (Lipinski definition) is 0. The zero-order chi connectivity index (χ0) is 10.8. The molecule has 0 spiro atoms. The summed E-state index contributed by atoms with van der Waals surface area (Å²) in [7, 11) is 0. The van der Waals surface area contributed by atoms with Crippen LogP contribution in [0.25, 0.3) is 5.69 Å². The standard InChI is InChI=1S/C11H8ClN3/c1-8-6-15(7-14-8)11-3-2-10(12)4-9(11)5-13/h2-4,6-7H,1H3. The molecule has 3 nitrogen and oxygen atoms in total. The van der Waals surface area contributed by atoms with E-state index < -0.39 is 0 Å². The number of nitriles is 1. The Hall–Kier alpha value is -1.79. The number of halogens is 1. The highest BCUT2D eigenvalue weighted by molar-refractivity contribution is 6.30. The molecular formula is C11H8ClN3. The molecule has 0 unspecified atom stereocenters. The van der Waals surface area contributed by atoms with Crippen LogP contribution in [0.3, 0.4) is 0 Å². The van der Waals surface area contributed by atoms with Crippen LogP contribution in [0.2, 0.25) is 5.02 Å². The lowest BCUT2D eigenvalue weighted by Gasteiger charge is -2.04. The van der Waals surface area contributed by atoms with E-state index in [9.17, 15) is 0 Å². The van der Waals surface area contributed by atoms with Gasteiger partial charge in [0, 0.05) is 11.2 Å². The van der Waals surface area contributed by atoms with E-state index in [-0.39, 0.29) is 0 Å². The van der Waals surface area contributed by atoms with Gasteiger partial charge >= 0.3 is 0 Å². The van der Waals surface area contributed by atoms with E-state index in [1.54, 1.807) is 18.5 Å². The van der Waals surface area contributed by atoms with Gasteiger partial charge in [0.1, 0.15) is 6.07 Å². The average molecular weight is 218 g/mol. The van der Waals surface area contributed by atoms with Gasteiger partial charge in [0.05, 0.1) is 23.3 Å². The van der Waals surface area contributed by atoms with Crippen LogP contribution in [0.4, 0.5) is 0 Å².